The standard InChI is InChI=1S/C8H10ClN3O4S/c9-6-4-7(11-5-10-6)12-17(15,16)3-1-2-8(13)14/h4-5H,1-3H2,(H,13,14)(H,10,11,12). The quantitative estimate of drug-likeness (QED) is 0.743. The molecule has 1 rings (SSSR count). The Bertz CT molecular complexity index is 505. The molecule has 17 heavy (non-hydrogen) atoms. The third-order valence-corrected chi connectivity index (χ3v) is 3.25. The Morgan fingerprint density at radius 1 is 1.47 bits per heavy atom. The summed E-state index contributed by atoms with van der Waals surface area (Å²) in [5.41, 5.74) is 0. The molecular weight excluding hydrogens is 270 g/mol. The van der Waals surface area contributed by atoms with Crippen LogP contribution in [0.5, 0.6) is 0 Å². The van der Waals surface area contributed by atoms with Crippen LogP contribution in [0.3, 0.4) is 0 Å². The van der Waals surface area contributed by atoms with E-state index in [9.17, 15) is 13.2 Å². The second kappa shape index (κ2) is 5.78. The molecule has 0 spiro atoms. The molecule has 0 fully saturated rings. The predicted molar refractivity (Wildman–Crippen MR) is 61.3 cm³/mol. The fourth-order valence-electron chi connectivity index (χ4n) is 1.01. The Kier molecular flexibility index (Phi) is 4.64. The number of anilines is 1. The summed E-state index contributed by atoms with van der Waals surface area (Å²) in [5, 5.41) is 8.50. The molecular formula is C8H10ClN3O4S. The van der Waals surface area contributed by atoms with E-state index in [0.717, 1.165) is 6.33 Å². The predicted octanol–water partition coefficient (Wildman–Crippen LogP) is 0.736. The lowest BCUT2D eigenvalue weighted by Crippen LogP contribution is -2.18. The zero-order valence-electron chi connectivity index (χ0n) is 8.63. The van der Waals surface area contributed by atoms with Crippen molar-refractivity contribution in [2.75, 3.05) is 10.5 Å². The van der Waals surface area contributed by atoms with Crippen LogP contribution in [0, 0.1) is 0 Å². The molecule has 1 aromatic rings. The zero-order chi connectivity index (χ0) is 12.9. The van der Waals surface area contributed by atoms with Gasteiger partial charge < -0.3 is 5.11 Å². The summed E-state index contributed by atoms with van der Waals surface area (Å²) < 4.78 is 25.1. The monoisotopic (exact) mass is 279 g/mol. The van der Waals surface area contributed by atoms with Crippen molar-refractivity contribution < 1.29 is 18.3 Å². The van der Waals surface area contributed by atoms with E-state index in [1.54, 1.807) is 0 Å². The molecule has 0 radical (unpaired) electrons. The van der Waals surface area contributed by atoms with Gasteiger partial charge in [0.2, 0.25) is 10.0 Å². The number of halogens is 1. The van der Waals surface area contributed by atoms with Crippen LogP contribution in [0.15, 0.2) is 12.4 Å². The highest BCUT2D eigenvalue weighted by atomic mass is 35.5. The number of carboxylic acid groups (broad SMARTS) is 1. The summed E-state index contributed by atoms with van der Waals surface area (Å²) in [7, 11) is -3.61. The molecule has 0 saturated carbocycles. The second-order valence-electron chi connectivity index (χ2n) is 3.14. The molecule has 0 aliphatic carbocycles. The summed E-state index contributed by atoms with van der Waals surface area (Å²) in [4.78, 5) is 17.5. The molecule has 0 bridgehead atoms. The number of hydrogen-bond acceptors (Lipinski definition) is 5. The van der Waals surface area contributed by atoms with Gasteiger partial charge in [0, 0.05) is 12.5 Å². The number of nitrogens with one attached hydrogen (secondary N) is 1. The molecule has 94 valence electrons. The van der Waals surface area contributed by atoms with Crippen LogP contribution in [-0.2, 0) is 14.8 Å². The third-order valence-electron chi connectivity index (χ3n) is 1.70. The van der Waals surface area contributed by atoms with Gasteiger partial charge in [-0.3, -0.25) is 9.52 Å². The lowest BCUT2D eigenvalue weighted by molar-refractivity contribution is -0.137. The molecule has 0 unspecified atom stereocenters. The first kappa shape index (κ1) is 13.7. The summed E-state index contributed by atoms with van der Waals surface area (Å²) in [5.74, 6) is -1.27. The second-order valence-corrected chi connectivity index (χ2v) is 5.37. The summed E-state index contributed by atoms with van der Waals surface area (Å²) >= 11 is 5.56. The summed E-state index contributed by atoms with van der Waals surface area (Å²) in [6, 6.07) is 1.26. The molecule has 2 N–H and O–H groups in total. The largest absolute Gasteiger partial charge is 0.481 e. The summed E-state index contributed by atoms with van der Waals surface area (Å²) in [6.45, 7) is 0. The highest BCUT2D eigenvalue weighted by molar-refractivity contribution is 7.92. The molecule has 0 aliphatic rings. The number of rotatable bonds is 6. The summed E-state index contributed by atoms with van der Waals surface area (Å²) in [6.07, 6.45) is 0.951. The number of carboxylic acids is 1. The Balaban J connectivity index is 2.57. The van der Waals surface area contributed by atoms with E-state index in [1.807, 2.05) is 0 Å². The Labute approximate surface area is 103 Å². The van der Waals surface area contributed by atoms with E-state index in [0.29, 0.717) is 0 Å². The number of carbonyl (C=O) groups is 1. The number of aromatic nitrogens is 2. The highest BCUT2D eigenvalue weighted by Crippen LogP contribution is 2.10. The van der Waals surface area contributed by atoms with Gasteiger partial charge in [-0.05, 0) is 6.42 Å². The molecule has 1 heterocycles. The van der Waals surface area contributed by atoms with Gasteiger partial charge in [0.15, 0.2) is 0 Å². The first-order chi connectivity index (χ1) is 7.89. The van der Waals surface area contributed by atoms with Gasteiger partial charge in [-0.25, -0.2) is 18.4 Å². The van der Waals surface area contributed by atoms with Gasteiger partial charge >= 0.3 is 5.97 Å². The number of sulfonamides is 1. The Hall–Kier alpha value is -1.41. The molecule has 0 saturated heterocycles. The minimum Gasteiger partial charge on any atom is -0.481 e. The maximum atomic E-state index is 11.5. The van der Waals surface area contributed by atoms with Crippen molar-refractivity contribution in [2.24, 2.45) is 0 Å². The SMILES string of the molecule is O=C(O)CCCS(=O)(=O)Nc1cc(Cl)ncn1. The minimum absolute atomic E-state index is 0.0312. The van der Waals surface area contributed by atoms with Gasteiger partial charge in [-0.15, -0.1) is 0 Å². The average molecular weight is 280 g/mol. The van der Waals surface area contributed by atoms with Crippen LogP contribution in [0.1, 0.15) is 12.8 Å². The zero-order valence-corrected chi connectivity index (χ0v) is 10.2. The lowest BCUT2D eigenvalue weighted by Gasteiger charge is -2.05. The number of hydrogen-bond donors (Lipinski definition) is 2. The Morgan fingerprint density at radius 2 is 2.18 bits per heavy atom. The van der Waals surface area contributed by atoms with Crippen molar-refractivity contribution in [3.05, 3.63) is 17.5 Å². The van der Waals surface area contributed by atoms with Gasteiger partial charge in [0.1, 0.15) is 17.3 Å². The average Bonchev–Trinajstić information content (AvgIpc) is 2.15. The number of aliphatic carboxylic acids is 1. The molecule has 0 atom stereocenters. The van der Waals surface area contributed by atoms with Crippen LogP contribution in [0.25, 0.3) is 0 Å². The van der Waals surface area contributed by atoms with Crippen molar-refractivity contribution in [1.82, 2.24) is 9.97 Å². The van der Waals surface area contributed by atoms with E-state index >= 15 is 0 Å². The maximum Gasteiger partial charge on any atom is 0.303 e. The molecule has 0 aromatic carbocycles. The third kappa shape index (κ3) is 5.45. The lowest BCUT2D eigenvalue weighted by atomic mass is 10.3. The maximum absolute atomic E-state index is 11.5. The van der Waals surface area contributed by atoms with Crippen LogP contribution in [0.4, 0.5) is 5.82 Å². The normalized spacial score (nSPS) is 11.1. The molecule has 9 heteroatoms. The highest BCUT2D eigenvalue weighted by Gasteiger charge is 2.12. The van der Waals surface area contributed by atoms with Crippen molar-refractivity contribution in [1.29, 1.82) is 0 Å². The van der Waals surface area contributed by atoms with Crippen molar-refractivity contribution in [3.63, 3.8) is 0 Å². The molecule has 7 nitrogen and oxygen atoms in total. The van der Waals surface area contributed by atoms with Crippen molar-refractivity contribution in [2.45, 2.75) is 12.8 Å². The Morgan fingerprint density at radius 3 is 2.76 bits per heavy atom. The first-order valence-electron chi connectivity index (χ1n) is 4.59. The first-order valence-corrected chi connectivity index (χ1v) is 6.62. The topological polar surface area (TPSA) is 109 Å². The van der Waals surface area contributed by atoms with E-state index in [2.05, 4.69) is 14.7 Å². The van der Waals surface area contributed by atoms with Crippen LogP contribution in [0.2, 0.25) is 5.15 Å². The number of nitrogens with zero attached hydrogens (tertiary/aromatic N) is 2. The van der Waals surface area contributed by atoms with E-state index < -0.39 is 16.0 Å². The molecule has 1 aromatic heterocycles. The van der Waals surface area contributed by atoms with Crippen LogP contribution < -0.4 is 4.72 Å². The van der Waals surface area contributed by atoms with Gasteiger partial charge in [0.05, 0.1) is 5.75 Å². The molecule has 0 aliphatic heterocycles. The van der Waals surface area contributed by atoms with Gasteiger partial charge in [0.25, 0.3) is 0 Å². The van der Waals surface area contributed by atoms with Crippen LogP contribution >= 0.6 is 11.6 Å². The molecule has 0 amide bonds. The van der Waals surface area contributed by atoms with Crippen molar-refractivity contribution >= 4 is 33.4 Å². The smallest absolute Gasteiger partial charge is 0.303 e. The van der Waals surface area contributed by atoms with E-state index in [1.165, 1.54) is 6.07 Å². The fraction of sp³-hybridized carbons (Fsp3) is 0.375. The van der Waals surface area contributed by atoms with Crippen molar-refractivity contribution in [3.8, 4) is 0 Å². The minimum atomic E-state index is -3.61. The fourth-order valence-corrected chi connectivity index (χ4v) is 2.22. The van der Waals surface area contributed by atoms with E-state index in [-0.39, 0.29) is 29.6 Å². The van der Waals surface area contributed by atoms with E-state index in [4.69, 9.17) is 16.7 Å². The van der Waals surface area contributed by atoms with Crippen LogP contribution in [-0.4, -0.2) is 35.2 Å². The van der Waals surface area contributed by atoms with Gasteiger partial charge in [-0.2, -0.15) is 0 Å². The van der Waals surface area contributed by atoms with Gasteiger partial charge in [-0.1, -0.05) is 11.6 Å².